The van der Waals surface area contributed by atoms with Gasteiger partial charge in [0.25, 0.3) is 5.56 Å². The van der Waals surface area contributed by atoms with Crippen LogP contribution in [0.25, 0.3) is 21.0 Å². The molecule has 0 N–H and O–H groups in total. The molecule has 0 aliphatic rings. The summed E-state index contributed by atoms with van der Waals surface area (Å²) in [7, 11) is 0. The Morgan fingerprint density at radius 1 is 0.970 bits per heavy atom. The third-order valence-electron chi connectivity index (χ3n) is 6.13. The SMILES string of the molecule is CCc1sc2nc(SCc3cccc4ccccc34)n(Cc3ccc(C)cc3)c(=O)c2c1C. The van der Waals surface area contributed by atoms with Gasteiger partial charge in [0, 0.05) is 10.6 Å². The van der Waals surface area contributed by atoms with Crippen LogP contribution in [0.1, 0.15) is 34.1 Å². The number of rotatable bonds is 6. The maximum Gasteiger partial charge on any atom is 0.263 e. The monoisotopic (exact) mass is 470 g/mol. The van der Waals surface area contributed by atoms with Gasteiger partial charge in [0.1, 0.15) is 4.83 Å². The number of thioether (sulfide) groups is 1. The van der Waals surface area contributed by atoms with Gasteiger partial charge in [-0.2, -0.15) is 0 Å². The number of nitrogens with zero attached hydrogens (tertiary/aromatic N) is 2. The van der Waals surface area contributed by atoms with Crippen molar-refractivity contribution in [1.82, 2.24) is 9.55 Å². The molecule has 0 aliphatic carbocycles. The van der Waals surface area contributed by atoms with Crippen LogP contribution in [0.2, 0.25) is 0 Å². The predicted octanol–water partition coefficient (Wildman–Crippen LogP) is 7.13. The third kappa shape index (κ3) is 4.23. The highest BCUT2D eigenvalue weighted by atomic mass is 32.2. The predicted molar refractivity (Wildman–Crippen MR) is 142 cm³/mol. The topological polar surface area (TPSA) is 34.9 Å². The zero-order chi connectivity index (χ0) is 22.9. The molecule has 0 spiro atoms. The van der Waals surface area contributed by atoms with E-state index in [1.807, 2.05) is 4.57 Å². The van der Waals surface area contributed by atoms with Crippen LogP contribution >= 0.6 is 23.1 Å². The molecule has 0 unspecified atom stereocenters. The van der Waals surface area contributed by atoms with Gasteiger partial charge in [0.05, 0.1) is 11.9 Å². The molecule has 3 aromatic carbocycles. The van der Waals surface area contributed by atoms with Crippen molar-refractivity contribution in [3.8, 4) is 0 Å². The Kier molecular flexibility index (Phi) is 6.09. The highest BCUT2D eigenvalue weighted by molar-refractivity contribution is 7.98. The first-order valence-corrected chi connectivity index (χ1v) is 13.0. The number of aromatic nitrogens is 2. The Bertz CT molecular complexity index is 1510. The average Bonchev–Trinajstić information content (AvgIpc) is 3.16. The summed E-state index contributed by atoms with van der Waals surface area (Å²) in [6.45, 7) is 6.80. The highest BCUT2D eigenvalue weighted by Crippen LogP contribution is 2.31. The van der Waals surface area contributed by atoms with Gasteiger partial charge in [-0.1, -0.05) is 91.0 Å². The fraction of sp³-hybridized carbons (Fsp3) is 0.214. The number of fused-ring (bicyclic) bond motifs is 2. The van der Waals surface area contributed by atoms with E-state index < -0.39 is 0 Å². The van der Waals surface area contributed by atoms with E-state index in [1.165, 1.54) is 26.8 Å². The fourth-order valence-corrected chi connectivity index (χ4v) is 6.43. The van der Waals surface area contributed by atoms with Crippen LogP contribution in [0.15, 0.2) is 76.7 Å². The molecular formula is C28H26N2OS2. The molecule has 5 rings (SSSR count). The summed E-state index contributed by atoms with van der Waals surface area (Å²) in [5.74, 6) is 0.762. The van der Waals surface area contributed by atoms with Gasteiger partial charge in [-0.05, 0) is 47.7 Å². The molecule has 0 saturated heterocycles. The van der Waals surface area contributed by atoms with E-state index in [0.29, 0.717) is 6.54 Å². The van der Waals surface area contributed by atoms with Crippen LogP contribution in [-0.4, -0.2) is 9.55 Å². The van der Waals surface area contributed by atoms with E-state index >= 15 is 0 Å². The minimum Gasteiger partial charge on any atom is -0.283 e. The van der Waals surface area contributed by atoms with Crippen molar-refractivity contribution in [2.45, 2.75) is 44.6 Å². The minimum atomic E-state index is 0.0643. The number of hydrogen-bond acceptors (Lipinski definition) is 4. The molecule has 0 amide bonds. The Hall–Kier alpha value is -2.89. The van der Waals surface area contributed by atoms with Gasteiger partial charge < -0.3 is 0 Å². The summed E-state index contributed by atoms with van der Waals surface area (Å²) in [6, 6.07) is 23.3. The van der Waals surface area contributed by atoms with Crippen molar-refractivity contribution in [3.05, 3.63) is 104 Å². The van der Waals surface area contributed by atoms with E-state index in [-0.39, 0.29) is 5.56 Å². The minimum absolute atomic E-state index is 0.0643. The summed E-state index contributed by atoms with van der Waals surface area (Å²) in [4.78, 5) is 20.8. The van der Waals surface area contributed by atoms with Gasteiger partial charge in [0.2, 0.25) is 0 Å². The lowest BCUT2D eigenvalue weighted by Crippen LogP contribution is -2.24. The molecule has 0 fully saturated rings. The standard InChI is InChI=1S/C28H26N2OS2/c1-4-24-19(3)25-26(33-24)29-28(30(27(25)31)16-20-14-12-18(2)13-15-20)32-17-22-10-7-9-21-8-5-6-11-23(21)22/h5-15H,4,16-17H2,1-3H3. The van der Waals surface area contributed by atoms with Crippen LogP contribution in [0.4, 0.5) is 0 Å². The van der Waals surface area contributed by atoms with Gasteiger partial charge in [-0.3, -0.25) is 9.36 Å². The smallest absolute Gasteiger partial charge is 0.263 e. The molecule has 166 valence electrons. The maximum absolute atomic E-state index is 13.7. The summed E-state index contributed by atoms with van der Waals surface area (Å²) in [6.07, 6.45) is 0.919. The molecular weight excluding hydrogens is 444 g/mol. The number of hydrogen-bond donors (Lipinski definition) is 0. The van der Waals surface area contributed by atoms with Crippen molar-refractivity contribution in [2.75, 3.05) is 0 Å². The molecule has 0 radical (unpaired) electrons. The molecule has 0 aliphatic heterocycles. The van der Waals surface area contributed by atoms with Gasteiger partial charge in [0.15, 0.2) is 5.16 Å². The van der Waals surface area contributed by atoms with Gasteiger partial charge >= 0.3 is 0 Å². The Labute approximate surface area is 202 Å². The van der Waals surface area contributed by atoms with E-state index in [1.54, 1.807) is 23.1 Å². The van der Waals surface area contributed by atoms with E-state index in [4.69, 9.17) is 4.98 Å². The van der Waals surface area contributed by atoms with Crippen LogP contribution in [0.3, 0.4) is 0 Å². The molecule has 0 atom stereocenters. The maximum atomic E-state index is 13.7. The first kappa shape index (κ1) is 21.9. The first-order chi connectivity index (χ1) is 16.0. The number of aryl methyl sites for hydroxylation is 3. The second-order valence-electron chi connectivity index (χ2n) is 8.38. The quantitative estimate of drug-likeness (QED) is 0.196. The van der Waals surface area contributed by atoms with Crippen LogP contribution in [0, 0.1) is 13.8 Å². The molecule has 3 nitrogen and oxygen atoms in total. The summed E-state index contributed by atoms with van der Waals surface area (Å²) in [5.41, 5.74) is 4.73. The van der Waals surface area contributed by atoms with Crippen LogP contribution in [0.5, 0.6) is 0 Å². The zero-order valence-corrected chi connectivity index (χ0v) is 20.7. The van der Waals surface area contributed by atoms with Gasteiger partial charge in [-0.25, -0.2) is 4.98 Å². The van der Waals surface area contributed by atoms with E-state index in [2.05, 4.69) is 87.5 Å². The number of benzene rings is 3. The lowest BCUT2D eigenvalue weighted by molar-refractivity contribution is 0.659. The molecule has 0 bridgehead atoms. The highest BCUT2D eigenvalue weighted by Gasteiger charge is 2.18. The first-order valence-electron chi connectivity index (χ1n) is 11.2. The van der Waals surface area contributed by atoms with Crippen molar-refractivity contribution < 1.29 is 0 Å². The van der Waals surface area contributed by atoms with Crippen LogP contribution < -0.4 is 5.56 Å². The fourth-order valence-electron chi connectivity index (χ4n) is 4.27. The van der Waals surface area contributed by atoms with Crippen molar-refractivity contribution in [1.29, 1.82) is 0 Å². The zero-order valence-electron chi connectivity index (χ0n) is 19.1. The van der Waals surface area contributed by atoms with Crippen molar-refractivity contribution >= 4 is 44.1 Å². The summed E-state index contributed by atoms with van der Waals surface area (Å²) >= 11 is 3.30. The largest absolute Gasteiger partial charge is 0.283 e. The van der Waals surface area contributed by atoms with Crippen molar-refractivity contribution in [2.24, 2.45) is 0 Å². The molecule has 33 heavy (non-hydrogen) atoms. The molecule has 2 aromatic heterocycles. The Morgan fingerprint density at radius 2 is 1.73 bits per heavy atom. The van der Waals surface area contributed by atoms with Crippen molar-refractivity contribution in [3.63, 3.8) is 0 Å². The number of thiophene rings is 1. The third-order valence-corrected chi connectivity index (χ3v) is 8.49. The average molecular weight is 471 g/mol. The second-order valence-corrected chi connectivity index (χ2v) is 10.4. The molecule has 2 heterocycles. The Morgan fingerprint density at radius 3 is 2.52 bits per heavy atom. The normalized spacial score (nSPS) is 11.5. The summed E-state index contributed by atoms with van der Waals surface area (Å²) < 4.78 is 1.86. The second kappa shape index (κ2) is 9.16. The summed E-state index contributed by atoms with van der Waals surface area (Å²) in [5, 5.41) is 4.04. The lowest BCUT2D eigenvalue weighted by Gasteiger charge is -2.13. The Balaban J connectivity index is 1.59. The van der Waals surface area contributed by atoms with E-state index in [0.717, 1.165) is 38.7 Å². The molecule has 5 heteroatoms. The van der Waals surface area contributed by atoms with Crippen LogP contribution in [-0.2, 0) is 18.7 Å². The molecule has 0 saturated carbocycles. The lowest BCUT2D eigenvalue weighted by atomic mass is 10.1. The molecule has 5 aromatic rings. The van der Waals surface area contributed by atoms with Gasteiger partial charge in [-0.15, -0.1) is 11.3 Å². The van der Waals surface area contributed by atoms with E-state index in [9.17, 15) is 4.79 Å².